The summed E-state index contributed by atoms with van der Waals surface area (Å²) >= 11 is 0. The summed E-state index contributed by atoms with van der Waals surface area (Å²) in [5.41, 5.74) is 9.31. The first-order valence-electron chi connectivity index (χ1n) is 14.1. The molecule has 0 aliphatic carbocycles. The maximum atomic E-state index is 5.10. The van der Waals surface area contributed by atoms with Gasteiger partial charge in [-0.15, -0.1) is 0 Å². The fraction of sp³-hybridized carbons (Fsp3) is 0. The molecule has 0 N–H and O–H groups in total. The Labute approximate surface area is 236 Å². The molecule has 0 bridgehead atoms. The molecule has 0 amide bonds. The SMILES string of the molecule is c1ccc(-c2c3ccccc3c(-c3ccc4c5ccccc5c5nc6ccccc6n5c4c3)c3ccccc23)cc1. The van der Waals surface area contributed by atoms with Crippen molar-refractivity contribution in [3.05, 3.63) is 146 Å². The molecule has 0 radical (unpaired) electrons. The summed E-state index contributed by atoms with van der Waals surface area (Å²) in [5.74, 6) is 0. The number of hydrogen-bond acceptors (Lipinski definition) is 1. The minimum atomic E-state index is 1.00. The number of imidazole rings is 1. The molecule has 0 saturated heterocycles. The fourth-order valence-corrected chi connectivity index (χ4v) is 6.82. The number of benzene rings is 7. The van der Waals surface area contributed by atoms with Gasteiger partial charge in [0, 0.05) is 10.8 Å². The molecule has 0 aliphatic heterocycles. The lowest BCUT2D eigenvalue weighted by atomic mass is 9.86. The van der Waals surface area contributed by atoms with E-state index in [1.165, 1.54) is 65.5 Å². The first kappa shape index (κ1) is 22.4. The smallest absolute Gasteiger partial charge is 0.146 e. The van der Waals surface area contributed by atoms with E-state index in [0.717, 1.165) is 16.7 Å². The lowest BCUT2D eigenvalue weighted by Gasteiger charge is -2.18. The second-order valence-electron chi connectivity index (χ2n) is 10.7. The van der Waals surface area contributed by atoms with E-state index in [-0.39, 0.29) is 0 Å². The van der Waals surface area contributed by atoms with Gasteiger partial charge >= 0.3 is 0 Å². The predicted molar refractivity (Wildman–Crippen MR) is 174 cm³/mol. The number of nitrogens with zero attached hydrogens (tertiary/aromatic N) is 2. The van der Waals surface area contributed by atoms with Crippen molar-refractivity contribution in [1.82, 2.24) is 9.38 Å². The minimum absolute atomic E-state index is 1.00. The zero-order chi connectivity index (χ0) is 26.9. The monoisotopic (exact) mass is 520 g/mol. The van der Waals surface area contributed by atoms with Crippen molar-refractivity contribution in [2.45, 2.75) is 0 Å². The molecule has 2 nitrogen and oxygen atoms in total. The van der Waals surface area contributed by atoms with Gasteiger partial charge < -0.3 is 0 Å². The van der Waals surface area contributed by atoms with Gasteiger partial charge in [-0.3, -0.25) is 4.40 Å². The van der Waals surface area contributed by atoms with Gasteiger partial charge in [0.05, 0.1) is 16.6 Å². The van der Waals surface area contributed by atoms with Crippen LogP contribution >= 0.6 is 0 Å². The molecule has 9 rings (SSSR count). The van der Waals surface area contributed by atoms with Gasteiger partial charge in [0.15, 0.2) is 0 Å². The normalized spacial score (nSPS) is 11.9. The molecule has 0 spiro atoms. The van der Waals surface area contributed by atoms with Crippen molar-refractivity contribution in [1.29, 1.82) is 0 Å². The van der Waals surface area contributed by atoms with Crippen LogP contribution in [0.4, 0.5) is 0 Å². The van der Waals surface area contributed by atoms with Crippen molar-refractivity contribution in [3.8, 4) is 22.3 Å². The second-order valence-corrected chi connectivity index (χ2v) is 10.7. The number of rotatable bonds is 2. The molecule has 7 aromatic carbocycles. The van der Waals surface area contributed by atoms with Gasteiger partial charge in [0.1, 0.15) is 5.65 Å². The standard InChI is InChI=1S/C39H24N2/c1-2-12-25(13-3-1)37-29-15-5-7-17-31(29)38(32-18-8-6-16-30(32)37)26-22-23-28-27-14-4-9-19-33(27)39-40-34-20-10-11-21-35(34)41(39)36(28)24-26/h1-24H. The molecule has 0 atom stereocenters. The Balaban J connectivity index is 1.46. The number of hydrogen-bond donors (Lipinski definition) is 0. The fourth-order valence-electron chi connectivity index (χ4n) is 6.82. The van der Waals surface area contributed by atoms with Gasteiger partial charge in [0.2, 0.25) is 0 Å². The first-order valence-corrected chi connectivity index (χ1v) is 14.1. The topological polar surface area (TPSA) is 17.3 Å². The van der Waals surface area contributed by atoms with Gasteiger partial charge in [-0.05, 0) is 67.4 Å². The van der Waals surface area contributed by atoms with E-state index in [4.69, 9.17) is 4.98 Å². The highest BCUT2D eigenvalue weighted by atomic mass is 15.0. The van der Waals surface area contributed by atoms with E-state index in [1.807, 2.05) is 0 Å². The summed E-state index contributed by atoms with van der Waals surface area (Å²) in [4.78, 5) is 5.10. The van der Waals surface area contributed by atoms with E-state index in [1.54, 1.807) is 0 Å². The Hall–Kier alpha value is -5.47. The van der Waals surface area contributed by atoms with Crippen molar-refractivity contribution in [2.24, 2.45) is 0 Å². The van der Waals surface area contributed by atoms with E-state index >= 15 is 0 Å². The number of pyridine rings is 1. The third-order valence-corrected chi connectivity index (χ3v) is 8.54. The summed E-state index contributed by atoms with van der Waals surface area (Å²) < 4.78 is 2.35. The van der Waals surface area contributed by atoms with Crippen molar-refractivity contribution in [2.75, 3.05) is 0 Å². The van der Waals surface area contributed by atoms with Crippen LogP contribution in [-0.4, -0.2) is 9.38 Å². The van der Waals surface area contributed by atoms with Crippen LogP contribution in [0.5, 0.6) is 0 Å². The minimum Gasteiger partial charge on any atom is -0.292 e. The Bertz CT molecular complexity index is 2410. The molecular formula is C39H24N2. The van der Waals surface area contributed by atoms with Gasteiger partial charge in [-0.1, -0.05) is 127 Å². The number of aromatic nitrogens is 2. The number of fused-ring (bicyclic) bond motifs is 10. The van der Waals surface area contributed by atoms with Crippen LogP contribution in [0.25, 0.3) is 82.2 Å². The summed E-state index contributed by atoms with van der Waals surface area (Å²) in [6, 6.07) is 52.5. The van der Waals surface area contributed by atoms with Crippen LogP contribution in [0.2, 0.25) is 0 Å². The van der Waals surface area contributed by atoms with E-state index in [2.05, 4.69) is 150 Å². The molecule has 190 valence electrons. The molecule has 0 unspecified atom stereocenters. The summed E-state index contributed by atoms with van der Waals surface area (Å²) in [6.07, 6.45) is 0. The summed E-state index contributed by atoms with van der Waals surface area (Å²) in [5, 5.41) is 8.69. The van der Waals surface area contributed by atoms with E-state index in [9.17, 15) is 0 Å². The molecule has 2 aromatic heterocycles. The number of para-hydroxylation sites is 2. The van der Waals surface area contributed by atoms with Crippen LogP contribution < -0.4 is 0 Å². The average Bonchev–Trinajstić information content (AvgIpc) is 3.44. The van der Waals surface area contributed by atoms with Crippen molar-refractivity contribution >= 4 is 59.9 Å². The van der Waals surface area contributed by atoms with Crippen LogP contribution in [0.15, 0.2) is 146 Å². The van der Waals surface area contributed by atoms with Crippen LogP contribution in [0, 0.1) is 0 Å². The van der Waals surface area contributed by atoms with Crippen LogP contribution in [-0.2, 0) is 0 Å². The molecule has 9 aromatic rings. The first-order chi connectivity index (χ1) is 20.4. The Kier molecular flexibility index (Phi) is 4.64. The molecule has 2 heterocycles. The van der Waals surface area contributed by atoms with Gasteiger partial charge in [0.25, 0.3) is 0 Å². The Morgan fingerprint density at radius 3 is 1.59 bits per heavy atom. The van der Waals surface area contributed by atoms with Gasteiger partial charge in [-0.25, -0.2) is 4.98 Å². The molecule has 2 heteroatoms. The zero-order valence-corrected chi connectivity index (χ0v) is 22.3. The van der Waals surface area contributed by atoms with E-state index in [0.29, 0.717) is 0 Å². The predicted octanol–water partition coefficient (Wildman–Crippen LogP) is 10.4. The molecular weight excluding hydrogens is 496 g/mol. The molecule has 0 aliphatic rings. The molecule has 0 saturated carbocycles. The Morgan fingerprint density at radius 1 is 0.366 bits per heavy atom. The molecule has 41 heavy (non-hydrogen) atoms. The maximum Gasteiger partial charge on any atom is 0.146 e. The second kappa shape index (κ2) is 8.51. The molecule has 0 fully saturated rings. The lowest BCUT2D eigenvalue weighted by molar-refractivity contribution is 1.32. The largest absolute Gasteiger partial charge is 0.292 e. The summed E-state index contributed by atoms with van der Waals surface area (Å²) in [6.45, 7) is 0. The highest BCUT2D eigenvalue weighted by Crippen LogP contribution is 2.44. The highest BCUT2D eigenvalue weighted by molar-refractivity contribution is 6.22. The lowest BCUT2D eigenvalue weighted by Crippen LogP contribution is -1.94. The Morgan fingerprint density at radius 2 is 0.902 bits per heavy atom. The maximum absolute atomic E-state index is 5.10. The summed E-state index contributed by atoms with van der Waals surface area (Å²) in [7, 11) is 0. The quantitative estimate of drug-likeness (QED) is 0.164. The average molecular weight is 521 g/mol. The highest BCUT2D eigenvalue weighted by Gasteiger charge is 2.18. The van der Waals surface area contributed by atoms with Crippen LogP contribution in [0.3, 0.4) is 0 Å². The van der Waals surface area contributed by atoms with E-state index < -0.39 is 0 Å². The zero-order valence-electron chi connectivity index (χ0n) is 22.3. The van der Waals surface area contributed by atoms with Crippen LogP contribution in [0.1, 0.15) is 0 Å². The third kappa shape index (κ3) is 3.16. The van der Waals surface area contributed by atoms with Gasteiger partial charge in [-0.2, -0.15) is 0 Å². The van der Waals surface area contributed by atoms with Crippen molar-refractivity contribution < 1.29 is 0 Å². The van der Waals surface area contributed by atoms with Crippen molar-refractivity contribution in [3.63, 3.8) is 0 Å². The third-order valence-electron chi connectivity index (χ3n) is 8.54.